The van der Waals surface area contributed by atoms with E-state index in [-0.39, 0.29) is 11.9 Å². The lowest BCUT2D eigenvalue weighted by Gasteiger charge is -2.31. The lowest BCUT2D eigenvalue weighted by Crippen LogP contribution is -2.51. The molecule has 0 bridgehead atoms. The molecule has 106 valence electrons. The molecule has 1 aliphatic rings. The number of nitrogens with one attached hydrogen (secondary N) is 1. The highest BCUT2D eigenvalue weighted by molar-refractivity contribution is 5.81. The topological polar surface area (TPSA) is 58.4 Å². The second-order valence-electron chi connectivity index (χ2n) is 5.48. The van der Waals surface area contributed by atoms with E-state index in [4.69, 9.17) is 5.73 Å². The van der Waals surface area contributed by atoms with Crippen molar-refractivity contribution in [1.29, 1.82) is 0 Å². The van der Waals surface area contributed by atoms with Crippen LogP contribution >= 0.6 is 0 Å². The molecule has 0 aromatic heterocycles. The minimum atomic E-state index is -0.0826. The summed E-state index contributed by atoms with van der Waals surface area (Å²) in [4.78, 5) is 14.2. The number of unbranched alkanes of at least 4 members (excludes halogenated alkanes) is 2. The van der Waals surface area contributed by atoms with Crippen LogP contribution in [0, 0.1) is 5.92 Å². The number of rotatable bonds is 9. The fourth-order valence-corrected chi connectivity index (χ4v) is 2.38. The molecular formula is C14H29N3O. The summed E-state index contributed by atoms with van der Waals surface area (Å²) in [6, 6.07) is 0.280. The van der Waals surface area contributed by atoms with Gasteiger partial charge in [0.15, 0.2) is 0 Å². The third kappa shape index (κ3) is 4.58. The van der Waals surface area contributed by atoms with E-state index in [0.717, 1.165) is 13.0 Å². The molecule has 0 spiro atoms. The van der Waals surface area contributed by atoms with Crippen molar-refractivity contribution in [1.82, 2.24) is 10.2 Å². The fraction of sp³-hybridized carbons (Fsp3) is 0.929. The highest BCUT2D eigenvalue weighted by Crippen LogP contribution is 2.35. The standard InChI is InChI=1S/C14H29N3O/c1-4-5-6-9-16-14(18)11(2)17(3)13(10-15)12-7-8-12/h11-13H,4-10,15H2,1-3H3,(H,16,18). The molecule has 4 heteroatoms. The Morgan fingerprint density at radius 3 is 2.61 bits per heavy atom. The quantitative estimate of drug-likeness (QED) is 0.611. The minimum absolute atomic E-state index is 0.0826. The molecule has 0 aliphatic heterocycles. The molecule has 0 aromatic carbocycles. The average Bonchev–Trinajstić information content (AvgIpc) is 3.18. The molecule has 4 nitrogen and oxygen atoms in total. The first kappa shape index (κ1) is 15.4. The monoisotopic (exact) mass is 255 g/mol. The number of hydrogen-bond acceptors (Lipinski definition) is 3. The predicted molar refractivity (Wildman–Crippen MR) is 75.3 cm³/mol. The molecule has 3 N–H and O–H groups in total. The second-order valence-corrected chi connectivity index (χ2v) is 5.48. The normalized spacial score (nSPS) is 18.7. The molecule has 1 aliphatic carbocycles. The van der Waals surface area contributed by atoms with Gasteiger partial charge in [-0.2, -0.15) is 0 Å². The van der Waals surface area contributed by atoms with Gasteiger partial charge in [0.2, 0.25) is 5.91 Å². The first-order chi connectivity index (χ1) is 8.61. The van der Waals surface area contributed by atoms with Crippen molar-refractivity contribution in [2.75, 3.05) is 20.1 Å². The maximum absolute atomic E-state index is 12.0. The van der Waals surface area contributed by atoms with Gasteiger partial charge in [-0.3, -0.25) is 9.69 Å². The summed E-state index contributed by atoms with van der Waals surface area (Å²) >= 11 is 0. The van der Waals surface area contributed by atoms with E-state index < -0.39 is 0 Å². The number of nitrogens with two attached hydrogens (primary N) is 1. The van der Waals surface area contributed by atoms with E-state index >= 15 is 0 Å². The number of carbonyl (C=O) groups excluding carboxylic acids is 1. The lowest BCUT2D eigenvalue weighted by molar-refractivity contribution is -0.126. The molecule has 18 heavy (non-hydrogen) atoms. The van der Waals surface area contributed by atoms with Crippen molar-refractivity contribution in [2.45, 2.75) is 58.0 Å². The summed E-state index contributed by atoms with van der Waals surface area (Å²) < 4.78 is 0. The van der Waals surface area contributed by atoms with E-state index in [1.54, 1.807) is 0 Å². The number of carbonyl (C=O) groups is 1. The van der Waals surface area contributed by atoms with Crippen molar-refractivity contribution >= 4 is 5.91 Å². The van der Waals surface area contributed by atoms with Crippen LogP contribution in [-0.2, 0) is 4.79 Å². The Balaban J connectivity index is 2.31. The Morgan fingerprint density at radius 2 is 2.11 bits per heavy atom. The molecular weight excluding hydrogens is 226 g/mol. The van der Waals surface area contributed by atoms with E-state index in [9.17, 15) is 4.79 Å². The van der Waals surface area contributed by atoms with Gasteiger partial charge in [-0.1, -0.05) is 19.8 Å². The molecule has 0 radical (unpaired) electrons. The van der Waals surface area contributed by atoms with Crippen LogP contribution in [0.1, 0.15) is 46.0 Å². The summed E-state index contributed by atoms with van der Waals surface area (Å²) in [7, 11) is 2.02. The van der Waals surface area contributed by atoms with Crippen LogP contribution in [0.15, 0.2) is 0 Å². The van der Waals surface area contributed by atoms with Gasteiger partial charge in [0.1, 0.15) is 0 Å². The molecule has 1 fully saturated rings. The maximum atomic E-state index is 12.0. The first-order valence-corrected chi connectivity index (χ1v) is 7.31. The molecule has 0 saturated heterocycles. The van der Waals surface area contributed by atoms with Crippen LogP contribution < -0.4 is 11.1 Å². The number of nitrogens with zero attached hydrogens (tertiary/aromatic N) is 1. The third-order valence-electron chi connectivity index (χ3n) is 4.00. The molecule has 0 heterocycles. The van der Waals surface area contributed by atoms with E-state index in [2.05, 4.69) is 17.1 Å². The molecule has 2 unspecified atom stereocenters. The van der Waals surface area contributed by atoms with Gasteiger partial charge in [-0.25, -0.2) is 0 Å². The molecule has 1 amide bonds. The van der Waals surface area contributed by atoms with Crippen molar-refractivity contribution in [3.05, 3.63) is 0 Å². The second kappa shape index (κ2) is 7.74. The fourth-order valence-electron chi connectivity index (χ4n) is 2.38. The van der Waals surface area contributed by atoms with Gasteiger partial charge in [0.25, 0.3) is 0 Å². The zero-order chi connectivity index (χ0) is 13.5. The maximum Gasteiger partial charge on any atom is 0.237 e. The lowest BCUT2D eigenvalue weighted by atomic mass is 10.1. The SMILES string of the molecule is CCCCCNC(=O)C(C)N(C)C(CN)C1CC1. The summed E-state index contributed by atoms with van der Waals surface area (Å²) in [5.41, 5.74) is 5.82. The molecule has 0 aromatic rings. The number of hydrogen-bond donors (Lipinski definition) is 2. The predicted octanol–water partition coefficient (Wildman–Crippen LogP) is 1.35. The van der Waals surface area contributed by atoms with Gasteiger partial charge in [0, 0.05) is 19.1 Å². The van der Waals surface area contributed by atoms with Crippen molar-refractivity contribution < 1.29 is 4.79 Å². The Labute approximate surface area is 111 Å². The van der Waals surface area contributed by atoms with Gasteiger partial charge < -0.3 is 11.1 Å². The van der Waals surface area contributed by atoms with Crippen LogP contribution in [0.25, 0.3) is 0 Å². The molecule has 1 saturated carbocycles. The van der Waals surface area contributed by atoms with Crippen LogP contribution in [0.2, 0.25) is 0 Å². The molecule has 2 atom stereocenters. The zero-order valence-electron chi connectivity index (χ0n) is 12.1. The summed E-state index contributed by atoms with van der Waals surface area (Å²) in [6.45, 7) is 5.58. The Kier molecular flexibility index (Phi) is 6.65. The van der Waals surface area contributed by atoms with Crippen molar-refractivity contribution in [3.8, 4) is 0 Å². The van der Waals surface area contributed by atoms with Gasteiger partial charge in [-0.15, -0.1) is 0 Å². The number of likely N-dealkylation sites (N-methyl/N-ethyl adjacent to an activating group) is 1. The van der Waals surface area contributed by atoms with E-state index in [1.165, 1.54) is 25.7 Å². The van der Waals surface area contributed by atoms with Crippen LogP contribution in [0.4, 0.5) is 0 Å². The van der Waals surface area contributed by atoms with Crippen LogP contribution in [0.3, 0.4) is 0 Å². The Morgan fingerprint density at radius 1 is 1.44 bits per heavy atom. The average molecular weight is 255 g/mol. The van der Waals surface area contributed by atoms with Gasteiger partial charge >= 0.3 is 0 Å². The Hall–Kier alpha value is -0.610. The van der Waals surface area contributed by atoms with Crippen LogP contribution in [0.5, 0.6) is 0 Å². The summed E-state index contributed by atoms with van der Waals surface area (Å²) in [6.07, 6.45) is 5.95. The number of amides is 1. The molecule has 1 rings (SSSR count). The van der Waals surface area contributed by atoms with E-state index in [0.29, 0.717) is 18.5 Å². The van der Waals surface area contributed by atoms with Crippen LogP contribution in [-0.4, -0.2) is 43.0 Å². The first-order valence-electron chi connectivity index (χ1n) is 7.31. The summed E-state index contributed by atoms with van der Waals surface area (Å²) in [5.74, 6) is 0.836. The summed E-state index contributed by atoms with van der Waals surface area (Å²) in [5, 5.41) is 3.02. The smallest absolute Gasteiger partial charge is 0.237 e. The highest BCUT2D eigenvalue weighted by Gasteiger charge is 2.35. The van der Waals surface area contributed by atoms with Gasteiger partial charge in [-0.05, 0) is 39.2 Å². The van der Waals surface area contributed by atoms with Crippen molar-refractivity contribution in [3.63, 3.8) is 0 Å². The van der Waals surface area contributed by atoms with E-state index in [1.807, 2.05) is 14.0 Å². The minimum Gasteiger partial charge on any atom is -0.355 e. The third-order valence-corrected chi connectivity index (χ3v) is 4.00. The zero-order valence-corrected chi connectivity index (χ0v) is 12.1. The van der Waals surface area contributed by atoms with Gasteiger partial charge in [0.05, 0.1) is 6.04 Å². The Bertz CT molecular complexity index is 253. The van der Waals surface area contributed by atoms with Crippen molar-refractivity contribution in [2.24, 2.45) is 11.7 Å². The largest absolute Gasteiger partial charge is 0.355 e. The highest BCUT2D eigenvalue weighted by atomic mass is 16.2.